The number of carbonyl (C=O) groups is 2. The van der Waals surface area contributed by atoms with Crippen LogP contribution in [0.4, 0.5) is 5.69 Å². The SMILES string of the molecule is COc1cc(/C=N\NC(=O)C(=O)Nc2cc(C)cc(C)c2)cc(OC)c1OC. The highest BCUT2D eigenvalue weighted by atomic mass is 16.5. The molecule has 0 unspecified atom stereocenters. The van der Waals surface area contributed by atoms with Gasteiger partial charge < -0.3 is 19.5 Å². The quantitative estimate of drug-likeness (QED) is 0.452. The summed E-state index contributed by atoms with van der Waals surface area (Å²) in [5.41, 5.74) is 5.29. The van der Waals surface area contributed by atoms with Crippen LogP contribution in [0.3, 0.4) is 0 Å². The number of amides is 2. The minimum absolute atomic E-state index is 0.444. The molecule has 0 heterocycles. The van der Waals surface area contributed by atoms with Crippen molar-refractivity contribution in [1.29, 1.82) is 0 Å². The number of rotatable bonds is 6. The van der Waals surface area contributed by atoms with Gasteiger partial charge in [0.25, 0.3) is 0 Å². The molecule has 0 fully saturated rings. The molecule has 2 aromatic carbocycles. The second-order valence-electron chi connectivity index (χ2n) is 5.99. The van der Waals surface area contributed by atoms with Gasteiger partial charge in [0.15, 0.2) is 11.5 Å². The summed E-state index contributed by atoms with van der Waals surface area (Å²) in [5.74, 6) is -0.363. The van der Waals surface area contributed by atoms with Gasteiger partial charge in [-0.25, -0.2) is 5.43 Å². The van der Waals surface area contributed by atoms with E-state index in [2.05, 4.69) is 15.8 Å². The molecule has 0 aromatic heterocycles. The van der Waals surface area contributed by atoms with Crippen LogP contribution in [0.2, 0.25) is 0 Å². The molecule has 148 valence electrons. The number of benzene rings is 2. The van der Waals surface area contributed by atoms with E-state index in [4.69, 9.17) is 14.2 Å². The average Bonchev–Trinajstić information content (AvgIpc) is 2.66. The molecule has 2 rings (SSSR count). The van der Waals surface area contributed by atoms with E-state index in [-0.39, 0.29) is 0 Å². The van der Waals surface area contributed by atoms with Crippen molar-refractivity contribution in [3.63, 3.8) is 0 Å². The van der Waals surface area contributed by atoms with Crippen LogP contribution in [-0.2, 0) is 9.59 Å². The molecule has 8 nitrogen and oxygen atoms in total. The van der Waals surface area contributed by atoms with Gasteiger partial charge in [0.2, 0.25) is 5.75 Å². The molecule has 0 atom stereocenters. The lowest BCUT2D eigenvalue weighted by molar-refractivity contribution is -0.136. The van der Waals surface area contributed by atoms with Gasteiger partial charge in [0, 0.05) is 11.3 Å². The number of carbonyl (C=O) groups excluding carboxylic acids is 2. The lowest BCUT2D eigenvalue weighted by Crippen LogP contribution is -2.32. The smallest absolute Gasteiger partial charge is 0.329 e. The van der Waals surface area contributed by atoms with Crippen molar-refractivity contribution >= 4 is 23.7 Å². The van der Waals surface area contributed by atoms with Gasteiger partial charge in [-0.1, -0.05) is 6.07 Å². The fourth-order valence-corrected chi connectivity index (χ4v) is 2.63. The van der Waals surface area contributed by atoms with Crippen molar-refractivity contribution in [2.45, 2.75) is 13.8 Å². The van der Waals surface area contributed by atoms with E-state index in [1.54, 1.807) is 24.3 Å². The van der Waals surface area contributed by atoms with E-state index in [9.17, 15) is 9.59 Å². The molecule has 0 saturated carbocycles. The zero-order chi connectivity index (χ0) is 20.7. The van der Waals surface area contributed by atoms with Crippen molar-refractivity contribution in [3.8, 4) is 17.2 Å². The van der Waals surface area contributed by atoms with Crippen LogP contribution in [-0.4, -0.2) is 39.4 Å². The fourth-order valence-electron chi connectivity index (χ4n) is 2.63. The summed E-state index contributed by atoms with van der Waals surface area (Å²) in [7, 11) is 4.50. The van der Waals surface area contributed by atoms with E-state index in [0.717, 1.165) is 11.1 Å². The first-order valence-electron chi connectivity index (χ1n) is 8.40. The molecule has 2 N–H and O–H groups in total. The van der Waals surface area contributed by atoms with Crippen LogP contribution < -0.4 is 25.0 Å². The molecule has 0 radical (unpaired) electrons. The second-order valence-corrected chi connectivity index (χ2v) is 5.99. The van der Waals surface area contributed by atoms with E-state index in [1.807, 2.05) is 19.9 Å². The zero-order valence-corrected chi connectivity index (χ0v) is 16.5. The molecule has 28 heavy (non-hydrogen) atoms. The van der Waals surface area contributed by atoms with Crippen LogP contribution in [0.25, 0.3) is 0 Å². The maximum absolute atomic E-state index is 12.0. The number of hydrogen-bond donors (Lipinski definition) is 2. The third-order valence-corrected chi connectivity index (χ3v) is 3.75. The van der Waals surface area contributed by atoms with Gasteiger partial charge in [-0.2, -0.15) is 5.10 Å². The molecule has 2 aromatic rings. The first-order chi connectivity index (χ1) is 13.4. The Labute approximate surface area is 163 Å². The van der Waals surface area contributed by atoms with Crippen LogP contribution >= 0.6 is 0 Å². The summed E-state index contributed by atoms with van der Waals surface area (Å²) in [6.45, 7) is 3.81. The van der Waals surface area contributed by atoms with Gasteiger partial charge >= 0.3 is 11.8 Å². The molecule has 0 spiro atoms. The molecule has 0 aliphatic heterocycles. The van der Waals surface area contributed by atoms with Crippen LogP contribution in [0, 0.1) is 13.8 Å². The Balaban J connectivity index is 2.05. The Morgan fingerprint density at radius 1 is 0.857 bits per heavy atom. The largest absolute Gasteiger partial charge is 0.493 e. The number of hydrazone groups is 1. The third-order valence-electron chi connectivity index (χ3n) is 3.75. The Hall–Kier alpha value is -3.55. The second kappa shape index (κ2) is 9.40. The summed E-state index contributed by atoms with van der Waals surface area (Å²) in [6.07, 6.45) is 1.37. The minimum atomic E-state index is -0.886. The fraction of sp³-hybridized carbons (Fsp3) is 0.250. The van der Waals surface area contributed by atoms with Gasteiger partial charge in [-0.15, -0.1) is 0 Å². The molecule has 8 heteroatoms. The highest BCUT2D eigenvalue weighted by Crippen LogP contribution is 2.37. The Morgan fingerprint density at radius 2 is 1.43 bits per heavy atom. The highest BCUT2D eigenvalue weighted by molar-refractivity contribution is 6.39. The molecular weight excluding hydrogens is 362 g/mol. The van der Waals surface area contributed by atoms with Gasteiger partial charge in [-0.3, -0.25) is 9.59 Å². The standard InChI is InChI=1S/C20H23N3O5/c1-12-6-13(2)8-15(7-12)22-19(24)20(25)23-21-11-14-9-16(26-3)18(28-5)17(10-14)27-4/h6-11H,1-5H3,(H,22,24)(H,23,25)/b21-11-. The molecule has 0 aliphatic carbocycles. The maximum atomic E-state index is 12.0. The number of aryl methyl sites for hydroxylation is 2. The summed E-state index contributed by atoms with van der Waals surface area (Å²) >= 11 is 0. The van der Waals surface area contributed by atoms with Gasteiger partial charge in [0.1, 0.15) is 0 Å². The third kappa shape index (κ3) is 5.23. The van der Waals surface area contributed by atoms with Crippen LogP contribution in [0.15, 0.2) is 35.4 Å². The Morgan fingerprint density at radius 3 is 1.93 bits per heavy atom. The summed E-state index contributed by atoms with van der Waals surface area (Å²) in [5, 5.41) is 6.35. The zero-order valence-electron chi connectivity index (χ0n) is 16.5. The molecule has 0 saturated heterocycles. The first kappa shape index (κ1) is 20.8. The lowest BCUT2D eigenvalue weighted by atomic mass is 10.1. The normalized spacial score (nSPS) is 10.5. The average molecular weight is 385 g/mol. The van der Waals surface area contributed by atoms with Crippen molar-refractivity contribution in [3.05, 3.63) is 47.0 Å². The predicted octanol–water partition coefficient (Wildman–Crippen LogP) is 2.42. The number of nitrogens with zero attached hydrogens (tertiary/aromatic N) is 1. The molecular formula is C20H23N3O5. The summed E-state index contributed by atoms with van der Waals surface area (Å²) < 4.78 is 15.7. The van der Waals surface area contributed by atoms with Crippen molar-refractivity contribution in [2.75, 3.05) is 26.6 Å². The van der Waals surface area contributed by atoms with Gasteiger partial charge in [-0.05, 0) is 49.2 Å². The molecule has 2 amide bonds. The van der Waals surface area contributed by atoms with Gasteiger partial charge in [0.05, 0.1) is 27.5 Å². The topological polar surface area (TPSA) is 98.2 Å². The van der Waals surface area contributed by atoms with E-state index < -0.39 is 11.8 Å². The predicted molar refractivity (Wildman–Crippen MR) is 106 cm³/mol. The maximum Gasteiger partial charge on any atom is 0.329 e. The number of nitrogens with one attached hydrogen (secondary N) is 2. The van der Waals surface area contributed by atoms with Crippen LogP contribution in [0.5, 0.6) is 17.2 Å². The molecule has 0 aliphatic rings. The summed E-state index contributed by atoms with van der Waals surface area (Å²) in [6, 6.07) is 8.84. The molecule has 0 bridgehead atoms. The number of ether oxygens (including phenoxy) is 3. The summed E-state index contributed by atoms with van der Waals surface area (Å²) in [4.78, 5) is 24.0. The van der Waals surface area contributed by atoms with Crippen molar-refractivity contribution in [2.24, 2.45) is 5.10 Å². The number of anilines is 1. The van der Waals surface area contributed by atoms with Crippen molar-refractivity contribution < 1.29 is 23.8 Å². The van der Waals surface area contributed by atoms with E-state index in [0.29, 0.717) is 28.5 Å². The number of methoxy groups -OCH3 is 3. The van der Waals surface area contributed by atoms with E-state index >= 15 is 0 Å². The van der Waals surface area contributed by atoms with E-state index in [1.165, 1.54) is 27.5 Å². The Bertz CT molecular complexity index is 863. The minimum Gasteiger partial charge on any atom is -0.493 e. The first-order valence-corrected chi connectivity index (χ1v) is 8.40. The monoisotopic (exact) mass is 385 g/mol. The van der Waals surface area contributed by atoms with Crippen LogP contribution in [0.1, 0.15) is 16.7 Å². The van der Waals surface area contributed by atoms with Crippen molar-refractivity contribution in [1.82, 2.24) is 5.43 Å². The Kier molecular flexibility index (Phi) is 6.97. The lowest BCUT2D eigenvalue weighted by Gasteiger charge is -2.12. The highest BCUT2D eigenvalue weighted by Gasteiger charge is 2.14. The number of hydrogen-bond acceptors (Lipinski definition) is 6.